The Balaban J connectivity index is 2.11. The second kappa shape index (κ2) is 4.58. The number of nitrogens with zero attached hydrogens (tertiary/aromatic N) is 2. The number of thiazole rings is 1. The van der Waals surface area contributed by atoms with Crippen molar-refractivity contribution in [2.75, 3.05) is 0 Å². The van der Waals surface area contributed by atoms with E-state index >= 15 is 0 Å². The summed E-state index contributed by atoms with van der Waals surface area (Å²) in [5.41, 5.74) is 3.15. The third-order valence-corrected chi connectivity index (χ3v) is 3.72. The molecular weight excluding hydrogens is 242 g/mol. The highest BCUT2D eigenvalue weighted by molar-refractivity contribution is 7.21. The Morgan fingerprint density at radius 2 is 1.94 bits per heavy atom. The van der Waals surface area contributed by atoms with E-state index in [1.54, 1.807) is 17.6 Å². The lowest BCUT2D eigenvalue weighted by Gasteiger charge is -1.92. The molecule has 0 aliphatic rings. The molecule has 3 rings (SSSR count). The summed E-state index contributed by atoms with van der Waals surface area (Å²) in [4.78, 5) is 4.63. The molecule has 0 saturated heterocycles. The summed E-state index contributed by atoms with van der Waals surface area (Å²) in [5.74, 6) is 5.16. The first-order valence-electron chi connectivity index (χ1n) is 5.56. The lowest BCUT2D eigenvalue weighted by Crippen LogP contribution is -1.85. The predicted octanol–water partition coefficient (Wildman–Crippen LogP) is 3.26. The predicted molar refractivity (Wildman–Crippen MR) is 76.8 cm³/mol. The standard InChI is InChI=1S/C14H11N3S/c15-16-9-10-6-7-12-13(8-10)18-14(17-12)11-4-2-1-3-5-11/h1-9H,15H2. The first-order valence-corrected chi connectivity index (χ1v) is 6.38. The number of hydrogen-bond donors (Lipinski definition) is 1. The lowest BCUT2D eigenvalue weighted by atomic mass is 10.2. The molecule has 1 heterocycles. The average molecular weight is 253 g/mol. The van der Waals surface area contributed by atoms with Gasteiger partial charge in [0, 0.05) is 5.56 Å². The Labute approximate surface area is 109 Å². The number of aromatic nitrogens is 1. The average Bonchev–Trinajstić information content (AvgIpc) is 2.83. The summed E-state index contributed by atoms with van der Waals surface area (Å²) >= 11 is 1.68. The molecule has 0 bridgehead atoms. The molecule has 0 aliphatic carbocycles. The lowest BCUT2D eigenvalue weighted by molar-refractivity contribution is 1.26. The highest BCUT2D eigenvalue weighted by Gasteiger charge is 2.05. The molecule has 3 aromatic rings. The zero-order valence-corrected chi connectivity index (χ0v) is 10.4. The van der Waals surface area contributed by atoms with Crippen LogP contribution in [0.1, 0.15) is 5.56 Å². The van der Waals surface area contributed by atoms with Crippen LogP contribution in [0, 0.1) is 0 Å². The Kier molecular flexibility index (Phi) is 2.78. The van der Waals surface area contributed by atoms with Crippen LogP contribution in [0.3, 0.4) is 0 Å². The zero-order chi connectivity index (χ0) is 12.4. The van der Waals surface area contributed by atoms with E-state index in [1.165, 1.54) is 0 Å². The van der Waals surface area contributed by atoms with Gasteiger partial charge in [-0.3, -0.25) is 0 Å². The van der Waals surface area contributed by atoms with Gasteiger partial charge < -0.3 is 5.84 Å². The molecule has 2 aromatic carbocycles. The van der Waals surface area contributed by atoms with Crippen molar-refractivity contribution >= 4 is 27.8 Å². The van der Waals surface area contributed by atoms with E-state index in [2.05, 4.69) is 28.3 Å². The van der Waals surface area contributed by atoms with Gasteiger partial charge in [0.05, 0.1) is 16.4 Å². The van der Waals surface area contributed by atoms with E-state index in [0.29, 0.717) is 0 Å². The van der Waals surface area contributed by atoms with Crippen molar-refractivity contribution in [2.24, 2.45) is 10.9 Å². The number of hydrogen-bond acceptors (Lipinski definition) is 4. The maximum absolute atomic E-state index is 5.16. The summed E-state index contributed by atoms with van der Waals surface area (Å²) in [7, 11) is 0. The Morgan fingerprint density at radius 1 is 1.11 bits per heavy atom. The minimum atomic E-state index is 0.994. The largest absolute Gasteiger partial charge is 0.323 e. The quantitative estimate of drug-likeness (QED) is 0.433. The molecule has 0 atom stereocenters. The highest BCUT2D eigenvalue weighted by atomic mass is 32.1. The first-order chi connectivity index (χ1) is 8.86. The molecule has 3 nitrogen and oxygen atoms in total. The molecule has 18 heavy (non-hydrogen) atoms. The molecule has 0 saturated carbocycles. The summed E-state index contributed by atoms with van der Waals surface area (Å²) in [6, 6.07) is 16.2. The number of nitrogens with two attached hydrogens (primary N) is 1. The summed E-state index contributed by atoms with van der Waals surface area (Å²) < 4.78 is 1.14. The van der Waals surface area contributed by atoms with Gasteiger partial charge in [-0.15, -0.1) is 11.3 Å². The molecule has 0 spiro atoms. The number of fused-ring (bicyclic) bond motifs is 1. The van der Waals surface area contributed by atoms with Gasteiger partial charge in [-0.25, -0.2) is 4.98 Å². The van der Waals surface area contributed by atoms with Gasteiger partial charge in [0.2, 0.25) is 0 Å². The molecule has 0 unspecified atom stereocenters. The Hall–Kier alpha value is -2.20. The van der Waals surface area contributed by atoms with Gasteiger partial charge in [-0.2, -0.15) is 5.10 Å². The van der Waals surface area contributed by atoms with Gasteiger partial charge in [0.15, 0.2) is 0 Å². The molecule has 4 heteroatoms. The van der Waals surface area contributed by atoms with Crippen molar-refractivity contribution in [1.29, 1.82) is 0 Å². The minimum absolute atomic E-state index is 0.994. The fraction of sp³-hybridized carbons (Fsp3) is 0. The van der Waals surface area contributed by atoms with Crippen LogP contribution >= 0.6 is 11.3 Å². The maximum Gasteiger partial charge on any atom is 0.124 e. The molecule has 0 fully saturated rings. The normalized spacial score (nSPS) is 11.3. The number of rotatable bonds is 2. The third-order valence-electron chi connectivity index (χ3n) is 2.66. The first kappa shape index (κ1) is 10.9. The Morgan fingerprint density at radius 3 is 2.72 bits per heavy atom. The van der Waals surface area contributed by atoms with Crippen molar-refractivity contribution in [3.8, 4) is 10.6 Å². The molecule has 0 aliphatic heterocycles. The van der Waals surface area contributed by atoms with Crippen molar-refractivity contribution in [3.05, 3.63) is 54.1 Å². The van der Waals surface area contributed by atoms with Gasteiger partial charge in [-0.1, -0.05) is 36.4 Å². The van der Waals surface area contributed by atoms with Gasteiger partial charge in [0.25, 0.3) is 0 Å². The second-order valence-corrected chi connectivity index (χ2v) is 4.92. The number of hydrazone groups is 1. The van der Waals surface area contributed by atoms with Gasteiger partial charge >= 0.3 is 0 Å². The van der Waals surface area contributed by atoms with Crippen LogP contribution in [0.5, 0.6) is 0 Å². The summed E-state index contributed by atoms with van der Waals surface area (Å²) in [5, 5.41) is 4.57. The van der Waals surface area contributed by atoms with E-state index in [1.807, 2.05) is 30.3 Å². The van der Waals surface area contributed by atoms with Crippen molar-refractivity contribution in [2.45, 2.75) is 0 Å². The van der Waals surface area contributed by atoms with E-state index < -0.39 is 0 Å². The fourth-order valence-electron chi connectivity index (χ4n) is 1.81. The fourth-order valence-corrected chi connectivity index (χ4v) is 2.83. The maximum atomic E-state index is 5.16. The molecule has 0 amide bonds. The SMILES string of the molecule is NN=Cc1ccc2nc(-c3ccccc3)sc2c1. The smallest absolute Gasteiger partial charge is 0.124 e. The summed E-state index contributed by atoms with van der Waals surface area (Å²) in [6.45, 7) is 0. The van der Waals surface area contributed by atoms with E-state index in [4.69, 9.17) is 5.84 Å². The number of benzene rings is 2. The van der Waals surface area contributed by atoms with Crippen LogP contribution in [0.25, 0.3) is 20.8 Å². The van der Waals surface area contributed by atoms with Crippen LogP contribution in [-0.4, -0.2) is 11.2 Å². The molecule has 1 aromatic heterocycles. The minimum Gasteiger partial charge on any atom is -0.323 e. The van der Waals surface area contributed by atoms with Crippen molar-refractivity contribution in [3.63, 3.8) is 0 Å². The van der Waals surface area contributed by atoms with Crippen LogP contribution in [-0.2, 0) is 0 Å². The summed E-state index contributed by atoms with van der Waals surface area (Å²) in [6.07, 6.45) is 1.64. The van der Waals surface area contributed by atoms with E-state index in [-0.39, 0.29) is 0 Å². The second-order valence-electron chi connectivity index (χ2n) is 3.89. The van der Waals surface area contributed by atoms with Gasteiger partial charge in [-0.05, 0) is 17.7 Å². The van der Waals surface area contributed by atoms with Crippen LogP contribution in [0.15, 0.2) is 53.6 Å². The van der Waals surface area contributed by atoms with Crippen LogP contribution in [0.4, 0.5) is 0 Å². The van der Waals surface area contributed by atoms with Crippen LogP contribution in [0.2, 0.25) is 0 Å². The Bertz CT molecular complexity index is 701. The molecule has 2 N–H and O–H groups in total. The highest BCUT2D eigenvalue weighted by Crippen LogP contribution is 2.30. The third kappa shape index (κ3) is 1.98. The molecular formula is C14H11N3S. The topological polar surface area (TPSA) is 51.3 Å². The van der Waals surface area contributed by atoms with Crippen molar-refractivity contribution in [1.82, 2.24) is 4.98 Å². The van der Waals surface area contributed by atoms with E-state index in [0.717, 1.165) is 26.4 Å². The van der Waals surface area contributed by atoms with Gasteiger partial charge in [0.1, 0.15) is 5.01 Å². The molecule has 0 radical (unpaired) electrons. The van der Waals surface area contributed by atoms with E-state index in [9.17, 15) is 0 Å². The van der Waals surface area contributed by atoms with Crippen LogP contribution < -0.4 is 5.84 Å². The monoisotopic (exact) mass is 253 g/mol. The van der Waals surface area contributed by atoms with Crippen molar-refractivity contribution < 1.29 is 0 Å². The zero-order valence-electron chi connectivity index (χ0n) is 9.58. The molecule has 88 valence electrons.